The van der Waals surface area contributed by atoms with E-state index in [1.165, 1.54) is 44.9 Å². The van der Waals surface area contributed by atoms with Gasteiger partial charge in [0, 0.05) is 18.3 Å². The van der Waals surface area contributed by atoms with Crippen molar-refractivity contribution >= 4 is 5.95 Å². The molecule has 1 saturated carbocycles. The van der Waals surface area contributed by atoms with Crippen molar-refractivity contribution in [2.75, 3.05) is 5.32 Å². The van der Waals surface area contributed by atoms with E-state index >= 15 is 0 Å². The van der Waals surface area contributed by atoms with Crippen LogP contribution in [-0.2, 0) is 0 Å². The summed E-state index contributed by atoms with van der Waals surface area (Å²) in [6, 6.07) is 1.16. The minimum absolute atomic E-state index is 0.501. The summed E-state index contributed by atoms with van der Waals surface area (Å²) >= 11 is 0. The summed E-state index contributed by atoms with van der Waals surface area (Å²) in [4.78, 5) is 4.70. The average molecular weight is 277 g/mol. The summed E-state index contributed by atoms with van der Waals surface area (Å²) < 4.78 is 2.40. The minimum atomic E-state index is 0.501. The fourth-order valence-electron chi connectivity index (χ4n) is 3.14. The van der Waals surface area contributed by atoms with E-state index in [9.17, 15) is 0 Å². The van der Waals surface area contributed by atoms with E-state index in [-0.39, 0.29) is 0 Å². The lowest BCUT2D eigenvalue weighted by Gasteiger charge is -2.26. The number of aromatic nitrogens is 2. The summed E-state index contributed by atoms with van der Waals surface area (Å²) in [7, 11) is 0. The SMILES string of the molecule is Cc1cn(C2CCCCC2)c(NC(C)CCC(C)C)n1. The Morgan fingerprint density at radius 1 is 1.20 bits per heavy atom. The van der Waals surface area contributed by atoms with E-state index in [0.29, 0.717) is 12.1 Å². The van der Waals surface area contributed by atoms with E-state index < -0.39 is 0 Å². The van der Waals surface area contributed by atoms with Gasteiger partial charge in [0.2, 0.25) is 5.95 Å². The van der Waals surface area contributed by atoms with Crippen molar-refractivity contribution in [2.45, 2.75) is 84.7 Å². The molecule has 0 spiro atoms. The molecule has 1 atom stereocenters. The Hall–Kier alpha value is -0.990. The van der Waals surface area contributed by atoms with Gasteiger partial charge in [-0.3, -0.25) is 0 Å². The third kappa shape index (κ3) is 4.26. The predicted molar refractivity (Wildman–Crippen MR) is 86.2 cm³/mol. The molecule has 20 heavy (non-hydrogen) atoms. The van der Waals surface area contributed by atoms with Crippen molar-refractivity contribution in [3.05, 3.63) is 11.9 Å². The summed E-state index contributed by atoms with van der Waals surface area (Å²) in [6.45, 7) is 8.96. The number of imidazole rings is 1. The molecule has 2 rings (SSSR count). The van der Waals surface area contributed by atoms with Crippen LogP contribution in [0, 0.1) is 12.8 Å². The van der Waals surface area contributed by atoms with Crippen molar-refractivity contribution in [1.29, 1.82) is 0 Å². The molecule has 114 valence electrons. The van der Waals surface area contributed by atoms with Gasteiger partial charge in [0.25, 0.3) is 0 Å². The Morgan fingerprint density at radius 3 is 2.55 bits per heavy atom. The lowest BCUT2D eigenvalue weighted by molar-refractivity contribution is 0.355. The van der Waals surface area contributed by atoms with Gasteiger partial charge in [-0.15, -0.1) is 0 Å². The summed E-state index contributed by atoms with van der Waals surface area (Å²) in [5, 5.41) is 3.64. The highest BCUT2D eigenvalue weighted by molar-refractivity contribution is 5.31. The number of anilines is 1. The molecule has 0 bridgehead atoms. The molecule has 1 aromatic heterocycles. The molecule has 0 saturated heterocycles. The first kappa shape index (κ1) is 15.4. The second-order valence-electron chi connectivity index (χ2n) is 6.92. The zero-order valence-electron chi connectivity index (χ0n) is 13.7. The van der Waals surface area contributed by atoms with Crippen molar-refractivity contribution in [1.82, 2.24) is 9.55 Å². The van der Waals surface area contributed by atoms with Crippen LogP contribution >= 0.6 is 0 Å². The Labute approximate surface area is 124 Å². The largest absolute Gasteiger partial charge is 0.353 e. The number of hydrogen-bond acceptors (Lipinski definition) is 2. The monoisotopic (exact) mass is 277 g/mol. The maximum Gasteiger partial charge on any atom is 0.203 e. The van der Waals surface area contributed by atoms with Crippen LogP contribution in [0.1, 0.15) is 77.5 Å². The molecule has 0 radical (unpaired) electrons. The minimum Gasteiger partial charge on any atom is -0.353 e. The van der Waals surface area contributed by atoms with Gasteiger partial charge in [0.15, 0.2) is 0 Å². The standard InChI is InChI=1S/C17H31N3/c1-13(2)10-11-14(3)18-17-19-15(4)12-20(17)16-8-6-5-7-9-16/h12-14,16H,5-11H2,1-4H3,(H,18,19). The molecule has 3 nitrogen and oxygen atoms in total. The Morgan fingerprint density at radius 2 is 1.90 bits per heavy atom. The van der Waals surface area contributed by atoms with Crippen LogP contribution in [0.4, 0.5) is 5.95 Å². The van der Waals surface area contributed by atoms with Gasteiger partial charge < -0.3 is 9.88 Å². The van der Waals surface area contributed by atoms with Crippen molar-refractivity contribution in [2.24, 2.45) is 5.92 Å². The molecule has 1 aliphatic rings. The van der Waals surface area contributed by atoms with Crippen molar-refractivity contribution in [3.63, 3.8) is 0 Å². The van der Waals surface area contributed by atoms with Gasteiger partial charge in [-0.05, 0) is 45.4 Å². The molecule has 1 N–H and O–H groups in total. The summed E-state index contributed by atoms with van der Waals surface area (Å²) in [6.07, 6.45) is 11.5. The van der Waals surface area contributed by atoms with Crippen LogP contribution in [0.15, 0.2) is 6.20 Å². The van der Waals surface area contributed by atoms with Gasteiger partial charge in [0.05, 0.1) is 5.69 Å². The highest BCUT2D eigenvalue weighted by Crippen LogP contribution is 2.31. The smallest absolute Gasteiger partial charge is 0.203 e. The van der Waals surface area contributed by atoms with Gasteiger partial charge in [0.1, 0.15) is 0 Å². The van der Waals surface area contributed by atoms with E-state index in [4.69, 9.17) is 4.98 Å². The Balaban J connectivity index is 1.99. The Kier molecular flexibility index (Phi) is 5.50. The topological polar surface area (TPSA) is 29.9 Å². The van der Waals surface area contributed by atoms with Crippen molar-refractivity contribution in [3.8, 4) is 0 Å². The lowest BCUT2D eigenvalue weighted by Crippen LogP contribution is -2.21. The van der Waals surface area contributed by atoms with E-state index in [2.05, 4.69) is 43.8 Å². The number of rotatable bonds is 6. The van der Waals surface area contributed by atoms with Gasteiger partial charge >= 0.3 is 0 Å². The van der Waals surface area contributed by atoms with Crippen LogP contribution < -0.4 is 5.32 Å². The quantitative estimate of drug-likeness (QED) is 0.798. The molecular weight excluding hydrogens is 246 g/mol. The van der Waals surface area contributed by atoms with Crippen LogP contribution in [-0.4, -0.2) is 15.6 Å². The van der Waals surface area contributed by atoms with Crippen LogP contribution in [0.2, 0.25) is 0 Å². The van der Waals surface area contributed by atoms with E-state index in [1.807, 2.05) is 0 Å². The fraction of sp³-hybridized carbons (Fsp3) is 0.824. The maximum atomic E-state index is 4.70. The van der Waals surface area contributed by atoms with Crippen LogP contribution in [0.5, 0.6) is 0 Å². The fourth-order valence-corrected chi connectivity index (χ4v) is 3.14. The zero-order chi connectivity index (χ0) is 14.5. The molecule has 1 heterocycles. The van der Waals surface area contributed by atoms with Gasteiger partial charge in [-0.1, -0.05) is 33.1 Å². The second kappa shape index (κ2) is 7.14. The van der Waals surface area contributed by atoms with Gasteiger partial charge in [-0.25, -0.2) is 4.98 Å². The first-order chi connectivity index (χ1) is 9.56. The summed E-state index contributed by atoms with van der Waals surface area (Å²) in [5.74, 6) is 1.87. The van der Waals surface area contributed by atoms with Gasteiger partial charge in [-0.2, -0.15) is 0 Å². The molecule has 3 heteroatoms. The summed E-state index contributed by atoms with van der Waals surface area (Å²) in [5.41, 5.74) is 1.13. The highest BCUT2D eigenvalue weighted by Gasteiger charge is 2.19. The number of nitrogens with one attached hydrogen (secondary N) is 1. The molecule has 1 unspecified atom stereocenters. The van der Waals surface area contributed by atoms with Crippen molar-refractivity contribution < 1.29 is 0 Å². The zero-order valence-corrected chi connectivity index (χ0v) is 13.7. The first-order valence-corrected chi connectivity index (χ1v) is 8.38. The lowest BCUT2D eigenvalue weighted by atomic mass is 9.95. The molecule has 0 amide bonds. The normalized spacial score (nSPS) is 18.4. The maximum absolute atomic E-state index is 4.70. The number of nitrogens with zero attached hydrogens (tertiary/aromatic N) is 2. The molecule has 1 aliphatic carbocycles. The van der Waals surface area contributed by atoms with Crippen LogP contribution in [0.3, 0.4) is 0 Å². The molecule has 0 aromatic carbocycles. The molecular formula is C17H31N3. The van der Waals surface area contributed by atoms with E-state index in [1.54, 1.807) is 0 Å². The second-order valence-corrected chi connectivity index (χ2v) is 6.92. The molecule has 0 aliphatic heterocycles. The first-order valence-electron chi connectivity index (χ1n) is 8.38. The third-order valence-corrected chi connectivity index (χ3v) is 4.37. The third-order valence-electron chi connectivity index (χ3n) is 4.37. The average Bonchev–Trinajstić information content (AvgIpc) is 2.78. The molecule has 1 aromatic rings. The predicted octanol–water partition coefficient (Wildman–Crippen LogP) is 4.93. The van der Waals surface area contributed by atoms with Crippen LogP contribution in [0.25, 0.3) is 0 Å². The molecule has 1 fully saturated rings. The number of hydrogen-bond donors (Lipinski definition) is 1. The Bertz CT molecular complexity index is 402. The number of aryl methyl sites for hydroxylation is 1. The van der Waals surface area contributed by atoms with E-state index in [0.717, 1.165) is 17.6 Å². The highest BCUT2D eigenvalue weighted by atomic mass is 15.2.